The molecule has 0 saturated heterocycles. The molecule has 1 aromatic carbocycles. The van der Waals surface area contributed by atoms with Gasteiger partial charge in [-0.25, -0.2) is 0 Å². The summed E-state index contributed by atoms with van der Waals surface area (Å²) in [4.78, 5) is 0. The summed E-state index contributed by atoms with van der Waals surface area (Å²) in [6.07, 6.45) is 0. The molecule has 1 aromatic heterocycles. The smallest absolute Gasteiger partial charge is 0.230 e. The molecule has 0 bridgehead atoms. The zero-order valence-corrected chi connectivity index (χ0v) is 13.9. The molecule has 0 fully saturated rings. The predicted octanol–water partition coefficient (Wildman–Crippen LogP) is 3.34. The van der Waals surface area contributed by atoms with Crippen molar-refractivity contribution in [3.05, 3.63) is 26.7 Å². The molecule has 0 aliphatic carbocycles. The van der Waals surface area contributed by atoms with Gasteiger partial charge in [-0.1, -0.05) is 15.9 Å². The van der Waals surface area contributed by atoms with E-state index in [-0.39, 0.29) is 0 Å². The normalized spacial score (nSPS) is 12.2. The molecule has 6 heteroatoms. The summed E-state index contributed by atoms with van der Waals surface area (Å²) in [6, 6.07) is 4.10. The van der Waals surface area contributed by atoms with Gasteiger partial charge >= 0.3 is 0 Å². The average Bonchev–Trinajstić information content (AvgIpc) is 2.49. The Labute approximate surface area is 122 Å². The summed E-state index contributed by atoms with van der Waals surface area (Å²) in [5.74, 6) is 0. The quantitative estimate of drug-likeness (QED) is 0.542. The monoisotopic (exact) mass is 372 g/mol. The lowest BCUT2D eigenvalue weighted by Crippen LogP contribution is -2.21. The third-order valence-corrected chi connectivity index (χ3v) is 3.71. The summed E-state index contributed by atoms with van der Waals surface area (Å²) in [5.41, 5.74) is 3.94. The molecule has 0 saturated carbocycles. The van der Waals surface area contributed by atoms with E-state index in [1.807, 2.05) is 43.1 Å². The van der Waals surface area contributed by atoms with Crippen LogP contribution >= 0.6 is 31.9 Å². The van der Waals surface area contributed by atoms with E-state index in [4.69, 9.17) is 0 Å². The van der Waals surface area contributed by atoms with E-state index >= 15 is 0 Å². The van der Waals surface area contributed by atoms with E-state index < -0.39 is 0 Å². The van der Waals surface area contributed by atoms with Crippen molar-refractivity contribution in [2.24, 2.45) is 24.3 Å². The van der Waals surface area contributed by atoms with Gasteiger partial charge < -0.3 is 9.13 Å². The fourth-order valence-corrected chi connectivity index (χ4v) is 3.32. The number of nitrogens with zero attached hydrogens (tertiary/aromatic N) is 4. The summed E-state index contributed by atoms with van der Waals surface area (Å²) in [6.45, 7) is 3.86. The molecule has 0 aliphatic heterocycles. The molecular weight excluding hydrogens is 360 g/mol. The van der Waals surface area contributed by atoms with Crippen LogP contribution in [0.4, 0.5) is 0 Å². The van der Waals surface area contributed by atoms with Crippen molar-refractivity contribution in [1.29, 1.82) is 0 Å². The maximum absolute atomic E-state index is 4.29. The number of hydrogen-bond donors (Lipinski definition) is 0. The molecule has 4 nitrogen and oxygen atoms in total. The number of imidazole rings is 1. The van der Waals surface area contributed by atoms with Crippen molar-refractivity contribution in [3.63, 3.8) is 0 Å². The van der Waals surface area contributed by atoms with E-state index in [2.05, 4.69) is 48.1 Å². The lowest BCUT2D eigenvalue weighted by Gasteiger charge is -1.99. The highest BCUT2D eigenvalue weighted by atomic mass is 79.9. The Morgan fingerprint density at radius 1 is 1.11 bits per heavy atom. The topological polar surface area (TPSA) is 34.6 Å². The van der Waals surface area contributed by atoms with Crippen molar-refractivity contribution in [1.82, 2.24) is 9.13 Å². The summed E-state index contributed by atoms with van der Waals surface area (Å²) < 4.78 is 6.11. The zero-order chi connectivity index (χ0) is 13.4. The van der Waals surface area contributed by atoms with Gasteiger partial charge in [0.15, 0.2) is 0 Å². The van der Waals surface area contributed by atoms with Crippen molar-refractivity contribution in [2.75, 3.05) is 0 Å². The van der Waals surface area contributed by atoms with Gasteiger partial charge in [0.1, 0.15) is 0 Å². The van der Waals surface area contributed by atoms with Gasteiger partial charge in [-0.2, -0.15) is 5.10 Å². The van der Waals surface area contributed by atoms with Crippen molar-refractivity contribution < 1.29 is 0 Å². The molecule has 0 atom stereocenters. The van der Waals surface area contributed by atoms with Gasteiger partial charge in [0.2, 0.25) is 5.62 Å². The Hall–Kier alpha value is -0.880. The Balaban J connectivity index is 2.90. The van der Waals surface area contributed by atoms with Crippen molar-refractivity contribution in [3.8, 4) is 0 Å². The highest BCUT2D eigenvalue weighted by Crippen LogP contribution is 2.27. The predicted molar refractivity (Wildman–Crippen MR) is 81.6 cm³/mol. The molecule has 0 amide bonds. The molecule has 0 unspecified atom stereocenters. The first-order chi connectivity index (χ1) is 8.41. The Morgan fingerprint density at radius 2 is 1.78 bits per heavy atom. The van der Waals surface area contributed by atoms with Crippen molar-refractivity contribution in [2.45, 2.75) is 13.8 Å². The fourth-order valence-electron chi connectivity index (χ4n) is 1.85. The molecule has 0 N–H and O–H groups in total. The van der Waals surface area contributed by atoms with Gasteiger partial charge in [-0.15, -0.1) is 5.10 Å². The second kappa shape index (κ2) is 5.01. The third kappa shape index (κ3) is 2.31. The van der Waals surface area contributed by atoms with Gasteiger partial charge in [0.25, 0.3) is 0 Å². The highest BCUT2D eigenvalue weighted by molar-refractivity contribution is 9.11. The van der Waals surface area contributed by atoms with Crippen LogP contribution in [0.25, 0.3) is 11.0 Å². The summed E-state index contributed by atoms with van der Waals surface area (Å²) in [5, 5.41) is 8.43. The molecular formula is C12H14Br2N4. The first kappa shape index (κ1) is 13.5. The van der Waals surface area contributed by atoms with Gasteiger partial charge in [0, 0.05) is 28.8 Å². The maximum atomic E-state index is 4.29. The van der Waals surface area contributed by atoms with Crippen LogP contribution in [0.15, 0.2) is 31.3 Å². The van der Waals surface area contributed by atoms with Gasteiger partial charge in [-0.3, -0.25) is 0 Å². The first-order valence-electron chi connectivity index (χ1n) is 5.47. The standard InChI is InChI=1S/C12H14Br2N4/c1-7(2)15-16-12-17(3)10-6-8(13)5-9(14)11(10)18(12)4/h5-6H,1-4H3. The Morgan fingerprint density at radius 3 is 2.39 bits per heavy atom. The lowest BCUT2D eigenvalue weighted by atomic mass is 10.3. The lowest BCUT2D eigenvalue weighted by molar-refractivity contribution is 0.743. The number of hydrogen-bond acceptors (Lipinski definition) is 2. The number of aryl methyl sites for hydroxylation is 2. The SMILES string of the molecule is CC(C)=NN=c1n(C)c2cc(Br)cc(Br)c2n1C. The van der Waals surface area contributed by atoms with Gasteiger partial charge in [-0.05, 0) is 41.9 Å². The van der Waals surface area contributed by atoms with E-state index in [0.29, 0.717) is 0 Å². The number of aromatic nitrogens is 2. The van der Waals surface area contributed by atoms with Crippen molar-refractivity contribution >= 4 is 48.6 Å². The molecule has 2 aromatic rings. The van der Waals surface area contributed by atoms with E-state index in [0.717, 1.165) is 31.3 Å². The second-order valence-electron chi connectivity index (χ2n) is 4.32. The van der Waals surface area contributed by atoms with Crippen LogP contribution in [-0.4, -0.2) is 14.8 Å². The molecule has 0 aliphatic rings. The molecule has 96 valence electrons. The van der Waals surface area contributed by atoms with E-state index in [1.54, 1.807) is 0 Å². The van der Waals surface area contributed by atoms with Crippen LogP contribution < -0.4 is 5.62 Å². The minimum Gasteiger partial charge on any atom is -0.312 e. The highest BCUT2D eigenvalue weighted by Gasteiger charge is 2.10. The molecule has 0 radical (unpaired) electrons. The Kier molecular flexibility index (Phi) is 3.77. The maximum Gasteiger partial charge on any atom is 0.230 e. The summed E-state index contributed by atoms with van der Waals surface area (Å²) in [7, 11) is 3.97. The van der Waals surface area contributed by atoms with Crippen LogP contribution in [0.3, 0.4) is 0 Å². The third-order valence-electron chi connectivity index (χ3n) is 2.64. The number of fused-ring (bicyclic) bond motifs is 1. The van der Waals surface area contributed by atoms with Crippen LogP contribution in [0.1, 0.15) is 13.8 Å². The van der Waals surface area contributed by atoms with E-state index in [1.165, 1.54) is 0 Å². The van der Waals surface area contributed by atoms with Crippen LogP contribution in [0, 0.1) is 0 Å². The van der Waals surface area contributed by atoms with Crippen LogP contribution in [-0.2, 0) is 14.1 Å². The summed E-state index contributed by atoms with van der Waals surface area (Å²) >= 11 is 7.09. The minimum atomic E-state index is 0.810. The van der Waals surface area contributed by atoms with Gasteiger partial charge in [0.05, 0.1) is 11.0 Å². The molecule has 2 rings (SSSR count). The molecule has 1 heterocycles. The molecule has 0 spiro atoms. The average molecular weight is 374 g/mol. The van der Waals surface area contributed by atoms with E-state index in [9.17, 15) is 0 Å². The minimum absolute atomic E-state index is 0.810. The number of rotatable bonds is 1. The first-order valence-corrected chi connectivity index (χ1v) is 7.05. The fraction of sp³-hybridized carbons (Fsp3) is 0.333. The Bertz CT molecular complexity index is 703. The number of halogens is 2. The number of benzene rings is 1. The van der Waals surface area contributed by atoms with Crippen LogP contribution in [0.5, 0.6) is 0 Å². The zero-order valence-electron chi connectivity index (χ0n) is 10.7. The molecule has 18 heavy (non-hydrogen) atoms. The van der Waals surface area contributed by atoms with Crippen LogP contribution in [0.2, 0.25) is 0 Å². The largest absolute Gasteiger partial charge is 0.312 e. The second-order valence-corrected chi connectivity index (χ2v) is 6.09.